The fourth-order valence-electron chi connectivity index (χ4n) is 1.81. The Bertz CT molecular complexity index is 757. The van der Waals surface area contributed by atoms with E-state index in [1.54, 1.807) is 0 Å². The Labute approximate surface area is 134 Å². The molecule has 0 bridgehead atoms. The predicted molar refractivity (Wildman–Crippen MR) is 91.8 cm³/mol. The molecule has 0 fully saturated rings. The highest BCUT2D eigenvalue weighted by atomic mass is 32.1. The fraction of sp³-hybridized carbons (Fsp3) is 0.235. The normalized spacial score (nSPS) is 10.0. The quantitative estimate of drug-likeness (QED) is 0.671. The van der Waals surface area contributed by atoms with Crippen molar-refractivity contribution in [2.45, 2.75) is 27.7 Å². The highest BCUT2D eigenvalue weighted by Crippen LogP contribution is 2.32. The molecule has 0 saturated carbocycles. The van der Waals surface area contributed by atoms with Crippen LogP contribution in [0.15, 0.2) is 35.4 Å². The Morgan fingerprint density at radius 3 is 2.23 bits per heavy atom. The molecular formula is C17H19N3OS. The van der Waals surface area contributed by atoms with Gasteiger partial charge in [0.05, 0.1) is 5.69 Å². The van der Waals surface area contributed by atoms with Crippen molar-refractivity contribution in [2.24, 2.45) is 0 Å². The van der Waals surface area contributed by atoms with Crippen LogP contribution in [0.1, 0.15) is 30.7 Å². The van der Waals surface area contributed by atoms with Gasteiger partial charge in [0, 0.05) is 11.1 Å². The molecule has 3 aromatic rings. The van der Waals surface area contributed by atoms with Crippen LogP contribution in [-0.2, 0) is 0 Å². The third-order valence-electron chi connectivity index (χ3n) is 3.17. The zero-order chi connectivity index (χ0) is 16.1. The molecule has 114 valence electrons. The van der Waals surface area contributed by atoms with Crippen LogP contribution in [-0.4, -0.2) is 15.4 Å². The van der Waals surface area contributed by atoms with Gasteiger partial charge in [-0.1, -0.05) is 67.3 Å². The van der Waals surface area contributed by atoms with Crippen molar-refractivity contribution < 1.29 is 4.52 Å². The second-order valence-electron chi connectivity index (χ2n) is 4.46. The van der Waals surface area contributed by atoms with E-state index in [0.717, 1.165) is 32.4 Å². The van der Waals surface area contributed by atoms with Crippen LogP contribution >= 0.6 is 11.3 Å². The first-order valence-electron chi connectivity index (χ1n) is 7.18. The van der Waals surface area contributed by atoms with Crippen LogP contribution < -0.4 is 0 Å². The number of hydrogen-bond donors (Lipinski definition) is 0. The maximum absolute atomic E-state index is 5.31. The third kappa shape index (κ3) is 3.14. The fourth-order valence-corrected chi connectivity index (χ4v) is 2.69. The Kier molecular flexibility index (Phi) is 5.22. The molecule has 0 N–H and O–H groups in total. The summed E-state index contributed by atoms with van der Waals surface area (Å²) in [5, 5.41) is 14.0. The lowest BCUT2D eigenvalue weighted by molar-refractivity contribution is 0.426. The van der Waals surface area contributed by atoms with Gasteiger partial charge in [0.25, 0.3) is 0 Å². The molecule has 2 aromatic heterocycles. The Hall–Kier alpha value is -2.27. The molecule has 0 aliphatic rings. The molecule has 2 heterocycles. The molecule has 0 amide bonds. The number of aromatic nitrogens is 3. The lowest BCUT2D eigenvalue weighted by atomic mass is 10.1. The van der Waals surface area contributed by atoms with Crippen molar-refractivity contribution in [2.75, 3.05) is 0 Å². The van der Waals surface area contributed by atoms with Crippen LogP contribution in [0, 0.1) is 13.8 Å². The molecular weight excluding hydrogens is 294 g/mol. The van der Waals surface area contributed by atoms with E-state index in [-0.39, 0.29) is 0 Å². The van der Waals surface area contributed by atoms with Crippen LogP contribution in [0.5, 0.6) is 0 Å². The van der Waals surface area contributed by atoms with Crippen molar-refractivity contribution in [3.63, 3.8) is 0 Å². The van der Waals surface area contributed by atoms with E-state index in [1.165, 1.54) is 11.3 Å². The van der Waals surface area contributed by atoms with Gasteiger partial charge in [0.2, 0.25) is 5.76 Å². The van der Waals surface area contributed by atoms with Gasteiger partial charge in [-0.15, -0.1) is 10.2 Å². The van der Waals surface area contributed by atoms with E-state index < -0.39 is 0 Å². The number of benzene rings is 1. The maximum Gasteiger partial charge on any atom is 0.200 e. The second-order valence-corrected chi connectivity index (χ2v) is 5.44. The van der Waals surface area contributed by atoms with Gasteiger partial charge in [-0.05, 0) is 19.4 Å². The Balaban J connectivity index is 0.000000847. The van der Waals surface area contributed by atoms with Gasteiger partial charge in [0.1, 0.15) is 5.01 Å². The van der Waals surface area contributed by atoms with Crippen molar-refractivity contribution in [3.05, 3.63) is 47.7 Å². The summed E-state index contributed by atoms with van der Waals surface area (Å²) in [6.07, 6.45) is 1.82. The molecule has 0 spiro atoms. The molecule has 5 heteroatoms. The highest BCUT2D eigenvalue weighted by Gasteiger charge is 2.16. The lowest BCUT2D eigenvalue weighted by Gasteiger charge is -1.95. The summed E-state index contributed by atoms with van der Waals surface area (Å²) < 4.78 is 5.31. The monoisotopic (exact) mass is 313 g/mol. The Morgan fingerprint density at radius 2 is 1.68 bits per heavy atom. The van der Waals surface area contributed by atoms with Crippen molar-refractivity contribution in [1.82, 2.24) is 15.4 Å². The van der Waals surface area contributed by atoms with Gasteiger partial charge in [-0.3, -0.25) is 0 Å². The molecule has 0 aliphatic carbocycles. The largest absolute Gasteiger partial charge is 0.353 e. The number of nitrogens with zero attached hydrogens (tertiary/aromatic N) is 3. The van der Waals surface area contributed by atoms with E-state index >= 15 is 0 Å². The second kappa shape index (κ2) is 7.13. The van der Waals surface area contributed by atoms with E-state index in [2.05, 4.69) is 21.9 Å². The topological polar surface area (TPSA) is 51.8 Å². The van der Waals surface area contributed by atoms with Crippen LogP contribution in [0.4, 0.5) is 0 Å². The van der Waals surface area contributed by atoms with Crippen molar-refractivity contribution in [3.8, 4) is 21.3 Å². The van der Waals surface area contributed by atoms with E-state index in [1.807, 2.05) is 58.0 Å². The van der Waals surface area contributed by atoms with Gasteiger partial charge in [-0.2, -0.15) is 0 Å². The first-order valence-corrected chi connectivity index (χ1v) is 8.00. The molecule has 1 aromatic carbocycles. The van der Waals surface area contributed by atoms with Gasteiger partial charge >= 0.3 is 0 Å². The summed E-state index contributed by atoms with van der Waals surface area (Å²) in [6.45, 7) is 11.6. The molecule has 0 atom stereocenters. The molecule has 0 saturated heterocycles. The summed E-state index contributed by atoms with van der Waals surface area (Å²) in [4.78, 5) is 0. The number of hydrogen-bond acceptors (Lipinski definition) is 5. The molecule has 0 radical (unpaired) electrons. The zero-order valence-corrected chi connectivity index (χ0v) is 14.1. The number of aryl methyl sites for hydroxylation is 1. The summed E-state index contributed by atoms with van der Waals surface area (Å²) in [5.41, 5.74) is 4.01. The Morgan fingerprint density at radius 1 is 1.05 bits per heavy atom. The lowest BCUT2D eigenvalue weighted by Crippen LogP contribution is -1.79. The minimum Gasteiger partial charge on any atom is -0.353 e. The number of rotatable bonds is 3. The van der Waals surface area contributed by atoms with Crippen LogP contribution in [0.25, 0.3) is 27.4 Å². The van der Waals surface area contributed by atoms with Crippen LogP contribution in [0.2, 0.25) is 0 Å². The predicted octanol–water partition coefficient (Wildman–Crippen LogP) is 5.15. The molecule has 3 rings (SSSR count). The van der Waals surface area contributed by atoms with E-state index in [0.29, 0.717) is 5.76 Å². The SMILES string of the molecule is C=Cc1ccc(-c2nnc(-c3onc(C)c3C)s2)cc1.CC. The minimum absolute atomic E-state index is 0.703. The van der Waals surface area contributed by atoms with Gasteiger partial charge in [-0.25, -0.2) is 0 Å². The molecule has 22 heavy (non-hydrogen) atoms. The molecule has 0 aliphatic heterocycles. The summed E-state index contributed by atoms with van der Waals surface area (Å²) in [5.74, 6) is 0.703. The maximum atomic E-state index is 5.31. The highest BCUT2D eigenvalue weighted by molar-refractivity contribution is 7.17. The van der Waals surface area contributed by atoms with Gasteiger partial charge in [0.15, 0.2) is 5.01 Å². The van der Waals surface area contributed by atoms with E-state index in [9.17, 15) is 0 Å². The third-order valence-corrected chi connectivity index (χ3v) is 4.14. The summed E-state index contributed by atoms with van der Waals surface area (Å²) in [6, 6.07) is 8.04. The average molecular weight is 313 g/mol. The molecule has 4 nitrogen and oxygen atoms in total. The first kappa shape index (κ1) is 16.1. The minimum atomic E-state index is 0.703. The van der Waals surface area contributed by atoms with Crippen molar-refractivity contribution >= 4 is 17.4 Å². The summed E-state index contributed by atoms with van der Waals surface area (Å²) >= 11 is 1.50. The smallest absolute Gasteiger partial charge is 0.200 e. The zero-order valence-electron chi connectivity index (χ0n) is 13.3. The van der Waals surface area contributed by atoms with Gasteiger partial charge < -0.3 is 4.52 Å². The standard InChI is InChI=1S/C15H13N3OS.C2H6/c1-4-11-5-7-12(8-6-11)14-16-17-15(20-14)13-9(2)10(3)18-19-13;1-2/h4-8H,1H2,2-3H3;1-2H3. The average Bonchev–Trinajstić information content (AvgIpc) is 3.17. The van der Waals surface area contributed by atoms with Crippen molar-refractivity contribution in [1.29, 1.82) is 0 Å². The van der Waals surface area contributed by atoms with E-state index in [4.69, 9.17) is 4.52 Å². The molecule has 0 unspecified atom stereocenters. The first-order chi connectivity index (χ1) is 10.7. The summed E-state index contributed by atoms with van der Waals surface area (Å²) in [7, 11) is 0. The van der Waals surface area contributed by atoms with Crippen LogP contribution in [0.3, 0.4) is 0 Å².